The molecule has 1 aromatic heterocycles. The fourth-order valence-corrected chi connectivity index (χ4v) is 2.85. The molecule has 1 heterocycles. The molecular formula is C15H19NO4. The van der Waals surface area contributed by atoms with E-state index < -0.39 is 12.1 Å². The highest BCUT2D eigenvalue weighted by molar-refractivity contribution is 6.04. The number of benzene rings is 1. The number of aryl methyl sites for hydroxylation is 1. The number of fused-ring (bicyclic) bond motifs is 1. The van der Waals surface area contributed by atoms with Crippen molar-refractivity contribution in [3.8, 4) is 0 Å². The highest BCUT2D eigenvalue weighted by atomic mass is 16.4. The van der Waals surface area contributed by atoms with Gasteiger partial charge in [0.05, 0.1) is 23.8 Å². The Hall–Kier alpha value is -1.85. The molecule has 108 valence electrons. The van der Waals surface area contributed by atoms with Crippen LogP contribution in [-0.2, 0) is 6.54 Å². The number of aromatic carboxylic acids is 1. The number of carbonyl (C=O) groups is 1. The quantitative estimate of drug-likeness (QED) is 0.798. The Morgan fingerprint density at radius 3 is 2.50 bits per heavy atom. The number of carboxylic acids is 1. The molecule has 0 aliphatic carbocycles. The number of rotatable bonds is 4. The van der Waals surface area contributed by atoms with Gasteiger partial charge in [-0.2, -0.15) is 0 Å². The van der Waals surface area contributed by atoms with Crippen molar-refractivity contribution >= 4 is 16.9 Å². The van der Waals surface area contributed by atoms with E-state index in [1.807, 2.05) is 19.9 Å². The minimum absolute atomic E-state index is 0.0865. The number of nitrogens with zero attached hydrogens (tertiary/aromatic N) is 1. The average Bonchev–Trinajstić information content (AvgIpc) is 2.61. The second-order valence-electron chi connectivity index (χ2n) is 5.06. The second-order valence-corrected chi connectivity index (χ2v) is 5.06. The zero-order chi connectivity index (χ0) is 15.0. The summed E-state index contributed by atoms with van der Waals surface area (Å²) >= 11 is 0. The Balaban J connectivity index is 2.96. The summed E-state index contributed by atoms with van der Waals surface area (Å²) in [5.41, 5.74) is 3.10. The van der Waals surface area contributed by atoms with Crippen molar-refractivity contribution in [1.82, 2.24) is 4.57 Å². The lowest BCUT2D eigenvalue weighted by molar-refractivity contribution is 0.0698. The van der Waals surface area contributed by atoms with Crippen molar-refractivity contribution in [3.63, 3.8) is 0 Å². The summed E-state index contributed by atoms with van der Waals surface area (Å²) in [6.45, 7) is 5.54. The third-order valence-corrected chi connectivity index (χ3v) is 3.58. The van der Waals surface area contributed by atoms with Gasteiger partial charge in [-0.3, -0.25) is 0 Å². The van der Waals surface area contributed by atoms with Crippen LogP contribution in [0.3, 0.4) is 0 Å². The van der Waals surface area contributed by atoms with Crippen LogP contribution in [0.5, 0.6) is 0 Å². The summed E-state index contributed by atoms with van der Waals surface area (Å²) in [6, 6.07) is 3.49. The van der Waals surface area contributed by atoms with E-state index in [1.54, 1.807) is 17.6 Å². The molecule has 0 aliphatic heterocycles. The number of aliphatic hydroxyl groups excluding tert-OH is 2. The largest absolute Gasteiger partial charge is 0.478 e. The van der Waals surface area contributed by atoms with Gasteiger partial charge in [0.25, 0.3) is 0 Å². The Kier molecular flexibility index (Phi) is 3.83. The lowest BCUT2D eigenvalue weighted by Crippen LogP contribution is -2.08. The molecule has 0 spiro atoms. The molecule has 5 nitrogen and oxygen atoms in total. The van der Waals surface area contributed by atoms with Crippen molar-refractivity contribution in [2.24, 2.45) is 0 Å². The van der Waals surface area contributed by atoms with E-state index >= 15 is 0 Å². The summed E-state index contributed by atoms with van der Waals surface area (Å²) in [6.07, 6.45) is -0.694. The van der Waals surface area contributed by atoms with Crippen molar-refractivity contribution < 1.29 is 20.1 Å². The maximum Gasteiger partial charge on any atom is 0.337 e. The molecule has 5 heteroatoms. The second kappa shape index (κ2) is 5.26. The van der Waals surface area contributed by atoms with Gasteiger partial charge in [-0.15, -0.1) is 0 Å². The van der Waals surface area contributed by atoms with Gasteiger partial charge in [0.2, 0.25) is 0 Å². The third-order valence-electron chi connectivity index (χ3n) is 3.58. The first kappa shape index (κ1) is 14.6. The first-order chi connectivity index (χ1) is 9.38. The molecule has 0 aliphatic rings. The van der Waals surface area contributed by atoms with Crippen LogP contribution in [0, 0.1) is 13.8 Å². The number of aliphatic hydroxyl groups is 2. The van der Waals surface area contributed by atoms with Crippen molar-refractivity contribution in [3.05, 3.63) is 34.5 Å². The molecule has 0 fully saturated rings. The summed E-state index contributed by atoms with van der Waals surface area (Å²) in [4.78, 5) is 11.5. The number of hydrogen-bond acceptors (Lipinski definition) is 3. The molecule has 0 saturated carbocycles. The Labute approximate surface area is 117 Å². The lowest BCUT2D eigenvalue weighted by atomic mass is 10.0. The normalized spacial score (nSPS) is 12.8. The van der Waals surface area contributed by atoms with Crippen LogP contribution in [0.4, 0.5) is 0 Å². The van der Waals surface area contributed by atoms with Gasteiger partial charge in [-0.05, 0) is 38.5 Å². The van der Waals surface area contributed by atoms with E-state index in [1.165, 1.54) is 0 Å². The minimum Gasteiger partial charge on any atom is -0.478 e. The third kappa shape index (κ3) is 2.19. The molecule has 0 radical (unpaired) electrons. The van der Waals surface area contributed by atoms with Gasteiger partial charge < -0.3 is 19.9 Å². The van der Waals surface area contributed by atoms with Crippen LogP contribution in [-0.4, -0.2) is 32.5 Å². The van der Waals surface area contributed by atoms with Crippen LogP contribution in [0.1, 0.15) is 40.2 Å². The molecule has 1 unspecified atom stereocenters. The Morgan fingerprint density at radius 2 is 2.00 bits per heavy atom. The van der Waals surface area contributed by atoms with Gasteiger partial charge >= 0.3 is 5.97 Å². The Bertz CT molecular complexity index is 670. The summed E-state index contributed by atoms with van der Waals surface area (Å²) in [5.74, 6) is -1.01. The summed E-state index contributed by atoms with van der Waals surface area (Å²) < 4.78 is 1.76. The topological polar surface area (TPSA) is 82.7 Å². The molecule has 0 saturated heterocycles. The summed E-state index contributed by atoms with van der Waals surface area (Å²) in [5, 5.41) is 29.3. The van der Waals surface area contributed by atoms with Crippen molar-refractivity contribution in [1.29, 1.82) is 0 Å². The molecule has 2 rings (SSSR count). The zero-order valence-corrected chi connectivity index (χ0v) is 11.8. The van der Waals surface area contributed by atoms with Gasteiger partial charge in [-0.25, -0.2) is 4.79 Å². The maximum atomic E-state index is 11.5. The van der Waals surface area contributed by atoms with Crippen LogP contribution in [0.2, 0.25) is 0 Å². The van der Waals surface area contributed by atoms with Crippen molar-refractivity contribution in [2.75, 3.05) is 6.61 Å². The van der Waals surface area contributed by atoms with Gasteiger partial charge in [0, 0.05) is 23.2 Å². The van der Waals surface area contributed by atoms with Crippen LogP contribution >= 0.6 is 0 Å². The van der Waals surface area contributed by atoms with E-state index in [4.69, 9.17) is 0 Å². The predicted octanol–water partition coefficient (Wildman–Crippen LogP) is 2.00. The van der Waals surface area contributed by atoms with Gasteiger partial charge in [-0.1, -0.05) is 0 Å². The number of carboxylic acid groups (broad SMARTS) is 1. The van der Waals surface area contributed by atoms with E-state index in [9.17, 15) is 20.1 Å². The monoisotopic (exact) mass is 277 g/mol. The van der Waals surface area contributed by atoms with E-state index in [-0.39, 0.29) is 12.2 Å². The van der Waals surface area contributed by atoms with Gasteiger partial charge in [0.1, 0.15) is 0 Å². The fraction of sp³-hybridized carbons (Fsp3) is 0.400. The standard InChI is InChI=1S/C15H19NO4/c1-8-6-11-13(10(3)18)9(2)16(4-5-17)14(11)12(7-8)15(19)20/h6-7,10,17-18H,4-5H2,1-3H3,(H,19,20). The first-order valence-corrected chi connectivity index (χ1v) is 6.54. The van der Waals surface area contributed by atoms with Crippen molar-refractivity contribution in [2.45, 2.75) is 33.4 Å². The molecular weight excluding hydrogens is 258 g/mol. The molecule has 3 N–H and O–H groups in total. The molecule has 20 heavy (non-hydrogen) atoms. The molecule has 1 atom stereocenters. The van der Waals surface area contributed by atoms with Crippen LogP contribution in [0.25, 0.3) is 10.9 Å². The molecule has 0 bridgehead atoms. The lowest BCUT2D eigenvalue weighted by Gasteiger charge is -2.09. The maximum absolute atomic E-state index is 11.5. The predicted molar refractivity (Wildman–Crippen MR) is 76.1 cm³/mol. The smallest absolute Gasteiger partial charge is 0.337 e. The summed E-state index contributed by atoms with van der Waals surface area (Å²) in [7, 11) is 0. The minimum atomic E-state index is -1.01. The van der Waals surface area contributed by atoms with E-state index in [0.717, 1.165) is 22.2 Å². The van der Waals surface area contributed by atoms with Crippen LogP contribution in [0.15, 0.2) is 12.1 Å². The molecule has 0 amide bonds. The van der Waals surface area contributed by atoms with E-state index in [0.29, 0.717) is 12.1 Å². The van der Waals surface area contributed by atoms with Gasteiger partial charge in [0.15, 0.2) is 0 Å². The fourth-order valence-electron chi connectivity index (χ4n) is 2.85. The zero-order valence-electron chi connectivity index (χ0n) is 11.8. The first-order valence-electron chi connectivity index (χ1n) is 6.54. The SMILES string of the molecule is Cc1cc(C(=O)O)c2c(c1)c(C(C)O)c(C)n2CCO. The number of hydrogen-bond donors (Lipinski definition) is 3. The number of aromatic nitrogens is 1. The highest BCUT2D eigenvalue weighted by Gasteiger charge is 2.22. The van der Waals surface area contributed by atoms with Crippen LogP contribution < -0.4 is 0 Å². The Morgan fingerprint density at radius 1 is 1.35 bits per heavy atom. The van der Waals surface area contributed by atoms with E-state index in [2.05, 4.69) is 0 Å². The highest BCUT2D eigenvalue weighted by Crippen LogP contribution is 2.33. The average molecular weight is 277 g/mol. The molecule has 2 aromatic rings. The molecule has 1 aromatic carbocycles.